The molecule has 116 valence electrons. The van der Waals surface area contributed by atoms with Crippen LogP contribution in [0.3, 0.4) is 0 Å². The van der Waals surface area contributed by atoms with Gasteiger partial charge in [-0.15, -0.1) is 0 Å². The van der Waals surface area contributed by atoms with Crippen LogP contribution in [-0.2, 0) is 9.59 Å². The van der Waals surface area contributed by atoms with E-state index in [4.69, 9.17) is 39.5 Å². The number of halogens is 3. The van der Waals surface area contributed by atoms with E-state index in [2.05, 4.69) is 0 Å². The molecule has 2 aromatic rings. The molecule has 23 heavy (non-hydrogen) atoms. The molecule has 0 radical (unpaired) electrons. The van der Waals surface area contributed by atoms with Crippen LogP contribution < -0.4 is 9.64 Å². The summed E-state index contributed by atoms with van der Waals surface area (Å²) in [5, 5.41) is 0.628. The van der Waals surface area contributed by atoms with Gasteiger partial charge in [0.2, 0.25) is 5.76 Å². The van der Waals surface area contributed by atoms with Gasteiger partial charge in [0, 0.05) is 10.0 Å². The van der Waals surface area contributed by atoms with Crippen molar-refractivity contribution in [3.63, 3.8) is 0 Å². The Bertz CT molecular complexity index is 831. The highest BCUT2D eigenvalue weighted by Crippen LogP contribution is 2.32. The zero-order valence-electron chi connectivity index (χ0n) is 11.4. The van der Waals surface area contributed by atoms with Gasteiger partial charge in [-0.1, -0.05) is 40.9 Å². The molecular weight excluding hydrogens is 361 g/mol. The number of benzene rings is 2. The third-order valence-corrected chi connectivity index (χ3v) is 3.91. The van der Waals surface area contributed by atoms with Crippen molar-refractivity contribution in [2.24, 2.45) is 0 Å². The number of ether oxygens (including phenoxy) is 1. The monoisotopic (exact) mass is 367 g/mol. The molecule has 0 unspecified atom stereocenters. The summed E-state index contributed by atoms with van der Waals surface area (Å²) < 4.78 is 5.45. The fourth-order valence-corrected chi connectivity index (χ4v) is 2.56. The van der Waals surface area contributed by atoms with E-state index in [1.54, 1.807) is 42.5 Å². The summed E-state index contributed by atoms with van der Waals surface area (Å²) >= 11 is 17.7. The van der Waals surface area contributed by atoms with Crippen molar-refractivity contribution in [3.8, 4) is 5.75 Å². The van der Waals surface area contributed by atoms with Gasteiger partial charge >= 0.3 is 5.91 Å². The molecule has 1 aliphatic heterocycles. The van der Waals surface area contributed by atoms with E-state index in [0.717, 1.165) is 4.90 Å². The van der Waals surface area contributed by atoms with Crippen LogP contribution in [-0.4, -0.2) is 11.8 Å². The highest BCUT2D eigenvalue weighted by Gasteiger charge is 2.40. The number of rotatable bonds is 3. The fraction of sp³-hybridized carbons (Fsp3) is 0. The summed E-state index contributed by atoms with van der Waals surface area (Å²) in [6.45, 7) is 0. The number of hydrogen-bond acceptors (Lipinski definition) is 3. The van der Waals surface area contributed by atoms with Crippen LogP contribution in [0.2, 0.25) is 10.0 Å². The van der Waals surface area contributed by atoms with E-state index >= 15 is 0 Å². The van der Waals surface area contributed by atoms with Gasteiger partial charge in [0.1, 0.15) is 5.75 Å². The maximum Gasteiger partial charge on any atom is 0.302 e. The van der Waals surface area contributed by atoms with E-state index < -0.39 is 11.8 Å². The molecule has 7 heteroatoms. The Labute approximate surface area is 146 Å². The number of amides is 2. The first kappa shape index (κ1) is 15.9. The second kappa shape index (κ2) is 6.24. The van der Waals surface area contributed by atoms with Crippen LogP contribution in [0.15, 0.2) is 59.3 Å². The number of hydrogen-bond donors (Lipinski definition) is 0. The zero-order chi connectivity index (χ0) is 16.6. The van der Waals surface area contributed by atoms with E-state index in [9.17, 15) is 9.59 Å². The lowest BCUT2D eigenvalue weighted by molar-refractivity contribution is -0.121. The van der Waals surface area contributed by atoms with Crippen LogP contribution in [0.1, 0.15) is 0 Å². The fourth-order valence-electron chi connectivity index (χ4n) is 2.04. The third kappa shape index (κ3) is 3.06. The van der Waals surface area contributed by atoms with Crippen molar-refractivity contribution >= 4 is 52.3 Å². The smallest absolute Gasteiger partial charge is 0.302 e. The molecular formula is C16H8Cl3NO3. The summed E-state index contributed by atoms with van der Waals surface area (Å²) in [5.41, 5.74) is 0.320. The minimum atomic E-state index is -0.664. The minimum Gasteiger partial charge on any atom is -0.450 e. The second-order valence-electron chi connectivity index (χ2n) is 4.62. The molecule has 2 aromatic carbocycles. The maximum absolute atomic E-state index is 12.5. The number of carbonyl (C=O) groups excluding carboxylic acids is 2. The Kier molecular flexibility index (Phi) is 4.31. The minimum absolute atomic E-state index is 0.237. The molecule has 0 saturated heterocycles. The summed E-state index contributed by atoms with van der Waals surface area (Å²) in [6.07, 6.45) is 0. The lowest BCUT2D eigenvalue weighted by Crippen LogP contribution is -2.31. The molecule has 0 aliphatic carbocycles. The summed E-state index contributed by atoms with van der Waals surface area (Å²) in [5.74, 6) is -1.21. The largest absolute Gasteiger partial charge is 0.450 e. The molecule has 1 heterocycles. The first-order chi connectivity index (χ1) is 11.0. The predicted octanol–water partition coefficient (Wildman–Crippen LogP) is 4.40. The normalized spacial score (nSPS) is 14.7. The van der Waals surface area contributed by atoms with Crippen molar-refractivity contribution in [1.82, 2.24) is 0 Å². The van der Waals surface area contributed by atoms with Gasteiger partial charge < -0.3 is 4.74 Å². The summed E-state index contributed by atoms with van der Waals surface area (Å²) in [6, 6.07) is 12.7. The second-order valence-corrected chi connectivity index (χ2v) is 5.88. The molecule has 0 saturated carbocycles. The Morgan fingerprint density at radius 1 is 0.826 bits per heavy atom. The van der Waals surface area contributed by atoms with Crippen molar-refractivity contribution < 1.29 is 14.3 Å². The van der Waals surface area contributed by atoms with Gasteiger partial charge in [0.05, 0.1) is 5.69 Å². The van der Waals surface area contributed by atoms with E-state index in [-0.39, 0.29) is 10.8 Å². The standard InChI is InChI=1S/C16H8Cl3NO3/c17-9-4-6-12(7-5-9)23-14-13(19)15(21)20(16(14)22)11-3-1-2-10(18)8-11/h1-8H. The first-order valence-electron chi connectivity index (χ1n) is 6.45. The van der Waals surface area contributed by atoms with Gasteiger partial charge in [-0.05, 0) is 42.5 Å². The Hall–Kier alpha value is -2.01. The lowest BCUT2D eigenvalue weighted by Gasteiger charge is -2.14. The molecule has 0 fully saturated rings. The van der Waals surface area contributed by atoms with Gasteiger partial charge in [0.15, 0.2) is 5.03 Å². The topological polar surface area (TPSA) is 46.6 Å². The molecule has 2 amide bonds. The zero-order valence-corrected chi connectivity index (χ0v) is 13.7. The number of anilines is 1. The number of imide groups is 1. The van der Waals surface area contributed by atoms with E-state index in [0.29, 0.717) is 21.5 Å². The van der Waals surface area contributed by atoms with Crippen LogP contribution in [0.4, 0.5) is 5.69 Å². The molecule has 0 atom stereocenters. The van der Waals surface area contributed by atoms with E-state index in [1.165, 1.54) is 6.07 Å². The highest BCUT2D eigenvalue weighted by atomic mass is 35.5. The molecule has 0 spiro atoms. The molecule has 1 aliphatic rings. The molecule has 0 N–H and O–H groups in total. The molecule has 3 rings (SSSR count). The van der Waals surface area contributed by atoms with Crippen LogP contribution in [0.25, 0.3) is 0 Å². The van der Waals surface area contributed by atoms with Crippen LogP contribution >= 0.6 is 34.8 Å². The van der Waals surface area contributed by atoms with Gasteiger partial charge in [-0.2, -0.15) is 0 Å². The number of carbonyl (C=O) groups is 2. The Morgan fingerprint density at radius 3 is 2.17 bits per heavy atom. The van der Waals surface area contributed by atoms with Gasteiger partial charge in [-0.25, -0.2) is 4.90 Å². The van der Waals surface area contributed by atoms with E-state index in [1.807, 2.05) is 0 Å². The Balaban J connectivity index is 1.91. The maximum atomic E-state index is 12.5. The first-order valence-corrected chi connectivity index (χ1v) is 7.58. The van der Waals surface area contributed by atoms with Crippen LogP contribution in [0.5, 0.6) is 5.75 Å². The summed E-state index contributed by atoms with van der Waals surface area (Å²) in [4.78, 5) is 25.6. The van der Waals surface area contributed by atoms with Crippen molar-refractivity contribution in [2.45, 2.75) is 0 Å². The lowest BCUT2D eigenvalue weighted by atomic mass is 10.3. The Morgan fingerprint density at radius 2 is 1.52 bits per heavy atom. The highest BCUT2D eigenvalue weighted by molar-refractivity contribution is 6.52. The van der Waals surface area contributed by atoms with Gasteiger partial charge in [0.25, 0.3) is 5.91 Å². The number of nitrogens with zero attached hydrogens (tertiary/aromatic N) is 1. The molecule has 4 nitrogen and oxygen atoms in total. The summed E-state index contributed by atoms with van der Waals surface area (Å²) in [7, 11) is 0. The van der Waals surface area contributed by atoms with Crippen LogP contribution in [0, 0.1) is 0 Å². The molecule has 0 aromatic heterocycles. The predicted molar refractivity (Wildman–Crippen MR) is 88.9 cm³/mol. The van der Waals surface area contributed by atoms with Crippen molar-refractivity contribution in [3.05, 3.63) is 69.4 Å². The van der Waals surface area contributed by atoms with Crippen molar-refractivity contribution in [2.75, 3.05) is 4.90 Å². The van der Waals surface area contributed by atoms with Crippen molar-refractivity contribution in [1.29, 1.82) is 0 Å². The van der Waals surface area contributed by atoms with Gasteiger partial charge in [-0.3, -0.25) is 9.59 Å². The third-order valence-electron chi connectivity index (χ3n) is 3.09. The average Bonchev–Trinajstić information content (AvgIpc) is 2.73. The quantitative estimate of drug-likeness (QED) is 0.755. The SMILES string of the molecule is O=C1C(Cl)=C(Oc2ccc(Cl)cc2)C(=O)N1c1cccc(Cl)c1. The molecule has 0 bridgehead atoms. The average molecular weight is 369 g/mol.